The molecule has 0 amide bonds. The summed E-state index contributed by atoms with van der Waals surface area (Å²) in [5.41, 5.74) is -2.96. The molecular formula is C16H22N2O14. The molecule has 16 nitrogen and oxygen atoms in total. The van der Waals surface area contributed by atoms with E-state index in [1.807, 2.05) is 0 Å². The molecule has 0 unspecified atom stereocenters. The van der Waals surface area contributed by atoms with Gasteiger partial charge in [0.15, 0.2) is 0 Å². The molecule has 6 N–H and O–H groups in total. The minimum atomic E-state index is -2.96. The molecule has 0 spiro atoms. The van der Waals surface area contributed by atoms with Gasteiger partial charge in [-0.15, -0.1) is 0 Å². The van der Waals surface area contributed by atoms with Gasteiger partial charge in [-0.3, -0.25) is 38.6 Å². The van der Waals surface area contributed by atoms with Crippen LogP contribution in [0.25, 0.3) is 0 Å². The minimum Gasteiger partial charge on any atom is -0.481 e. The fourth-order valence-electron chi connectivity index (χ4n) is 2.54. The third-order valence-electron chi connectivity index (χ3n) is 3.73. The maximum atomic E-state index is 12.2. The summed E-state index contributed by atoms with van der Waals surface area (Å²) < 4.78 is 4.63. The molecule has 0 atom stereocenters. The molecule has 0 aromatic carbocycles. The standard InChI is InChI=1S/C16H22N2O14/c19-9(20)3-16(15(30)31,4-10(21)22)32-14(29)8-18(7-13(27)28)2-1-17(5-11(23)24)6-12(25)26/h1-8H2,(H,19,20)(H,21,22)(H,23,24)(H,25,26)(H,27,28)(H,30,31). The Bertz CT molecular complexity index is 732. The van der Waals surface area contributed by atoms with Gasteiger partial charge in [0.1, 0.15) is 0 Å². The number of esters is 1. The highest BCUT2D eigenvalue weighted by Gasteiger charge is 2.47. The van der Waals surface area contributed by atoms with Gasteiger partial charge in [0.2, 0.25) is 5.60 Å². The lowest BCUT2D eigenvalue weighted by Gasteiger charge is -2.28. The Hall–Kier alpha value is -3.79. The van der Waals surface area contributed by atoms with Crippen LogP contribution in [0.5, 0.6) is 0 Å². The predicted molar refractivity (Wildman–Crippen MR) is 96.8 cm³/mol. The number of carbonyl (C=O) groups is 7. The number of carboxylic acid groups (broad SMARTS) is 6. The topological polar surface area (TPSA) is 257 Å². The second-order valence-corrected chi connectivity index (χ2v) is 6.52. The van der Waals surface area contributed by atoms with Crippen LogP contribution in [0.4, 0.5) is 0 Å². The SMILES string of the molecule is O=C(O)CN(CCN(CC(=O)O)CC(=O)OC(CC(=O)O)(CC(=O)O)C(=O)O)CC(=O)O. The molecule has 32 heavy (non-hydrogen) atoms. The van der Waals surface area contributed by atoms with Crippen molar-refractivity contribution in [2.75, 3.05) is 39.3 Å². The molecule has 0 saturated carbocycles. The lowest BCUT2D eigenvalue weighted by molar-refractivity contribution is -0.186. The number of carboxylic acids is 6. The van der Waals surface area contributed by atoms with Gasteiger partial charge >= 0.3 is 41.8 Å². The molecule has 0 aromatic heterocycles. The molecule has 0 aliphatic heterocycles. The summed E-state index contributed by atoms with van der Waals surface area (Å²) in [6, 6.07) is 0. The van der Waals surface area contributed by atoms with Crippen LogP contribution in [0.3, 0.4) is 0 Å². The maximum absolute atomic E-state index is 12.2. The van der Waals surface area contributed by atoms with E-state index in [0.29, 0.717) is 0 Å². The zero-order valence-electron chi connectivity index (χ0n) is 16.5. The molecular weight excluding hydrogens is 444 g/mol. The van der Waals surface area contributed by atoms with Crippen LogP contribution < -0.4 is 0 Å². The van der Waals surface area contributed by atoms with Crippen molar-refractivity contribution in [1.29, 1.82) is 0 Å². The van der Waals surface area contributed by atoms with E-state index in [4.69, 9.17) is 25.5 Å². The normalized spacial score (nSPS) is 11.2. The smallest absolute Gasteiger partial charge is 0.349 e. The highest BCUT2D eigenvalue weighted by atomic mass is 16.6. The summed E-state index contributed by atoms with van der Waals surface area (Å²) in [4.78, 5) is 80.1. The summed E-state index contributed by atoms with van der Waals surface area (Å²) in [5.74, 6) is -11.3. The maximum Gasteiger partial charge on any atom is 0.349 e. The number of hydrogen-bond donors (Lipinski definition) is 6. The van der Waals surface area contributed by atoms with Crippen LogP contribution in [0.1, 0.15) is 12.8 Å². The van der Waals surface area contributed by atoms with Crippen LogP contribution in [0.2, 0.25) is 0 Å². The molecule has 0 heterocycles. The Morgan fingerprint density at radius 3 is 1.19 bits per heavy atom. The van der Waals surface area contributed by atoms with Crippen molar-refractivity contribution in [2.24, 2.45) is 0 Å². The Labute approximate surface area is 179 Å². The Kier molecular flexibility index (Phi) is 11.3. The van der Waals surface area contributed by atoms with Crippen molar-refractivity contribution < 1.29 is 68.9 Å². The van der Waals surface area contributed by atoms with E-state index in [1.54, 1.807) is 0 Å². The van der Waals surface area contributed by atoms with E-state index in [1.165, 1.54) is 0 Å². The van der Waals surface area contributed by atoms with Crippen LogP contribution in [-0.4, -0.2) is 127 Å². The number of nitrogens with zero attached hydrogens (tertiary/aromatic N) is 2. The zero-order chi connectivity index (χ0) is 25.1. The van der Waals surface area contributed by atoms with Crippen LogP contribution in [-0.2, 0) is 38.3 Å². The van der Waals surface area contributed by atoms with Crippen molar-refractivity contribution in [3.8, 4) is 0 Å². The first-order chi connectivity index (χ1) is 14.7. The van der Waals surface area contributed by atoms with E-state index < -0.39 is 86.4 Å². The van der Waals surface area contributed by atoms with Crippen LogP contribution in [0, 0.1) is 0 Å². The summed E-state index contributed by atoms with van der Waals surface area (Å²) in [6.45, 7) is -3.89. The molecule has 0 aliphatic carbocycles. The predicted octanol–water partition coefficient (Wildman–Crippen LogP) is -2.84. The first-order valence-corrected chi connectivity index (χ1v) is 8.65. The van der Waals surface area contributed by atoms with Gasteiger partial charge in [-0.1, -0.05) is 0 Å². The third kappa shape index (κ3) is 11.4. The van der Waals surface area contributed by atoms with E-state index >= 15 is 0 Å². The van der Waals surface area contributed by atoms with E-state index in [9.17, 15) is 38.7 Å². The van der Waals surface area contributed by atoms with E-state index in [-0.39, 0.29) is 13.1 Å². The number of ether oxygens (including phenoxy) is 1. The highest BCUT2D eigenvalue weighted by molar-refractivity contribution is 5.91. The molecule has 0 aromatic rings. The van der Waals surface area contributed by atoms with Gasteiger partial charge in [0, 0.05) is 13.1 Å². The van der Waals surface area contributed by atoms with E-state index in [2.05, 4.69) is 4.74 Å². The van der Waals surface area contributed by atoms with Crippen molar-refractivity contribution in [3.05, 3.63) is 0 Å². The lowest BCUT2D eigenvalue weighted by atomic mass is 9.95. The molecule has 16 heteroatoms. The highest BCUT2D eigenvalue weighted by Crippen LogP contribution is 2.22. The third-order valence-corrected chi connectivity index (χ3v) is 3.73. The molecule has 0 bridgehead atoms. The fourth-order valence-corrected chi connectivity index (χ4v) is 2.54. The molecule has 0 aliphatic rings. The van der Waals surface area contributed by atoms with Gasteiger partial charge in [-0.2, -0.15) is 0 Å². The first-order valence-electron chi connectivity index (χ1n) is 8.65. The Balaban J connectivity index is 5.47. The summed E-state index contributed by atoms with van der Waals surface area (Å²) in [5, 5.41) is 53.6. The molecule has 0 fully saturated rings. The first kappa shape index (κ1) is 28.2. The molecule has 0 radical (unpaired) electrons. The van der Waals surface area contributed by atoms with Crippen molar-refractivity contribution in [1.82, 2.24) is 9.80 Å². The monoisotopic (exact) mass is 466 g/mol. The van der Waals surface area contributed by atoms with Crippen LogP contribution in [0.15, 0.2) is 0 Å². The summed E-state index contributed by atoms with van der Waals surface area (Å²) in [7, 11) is 0. The number of rotatable bonds is 17. The average molecular weight is 466 g/mol. The average Bonchev–Trinajstić information content (AvgIpc) is 2.56. The minimum absolute atomic E-state index is 0.326. The second-order valence-electron chi connectivity index (χ2n) is 6.52. The quantitative estimate of drug-likeness (QED) is 0.118. The molecule has 0 rings (SSSR count). The van der Waals surface area contributed by atoms with Gasteiger partial charge in [-0.25, -0.2) is 4.79 Å². The summed E-state index contributed by atoms with van der Waals surface area (Å²) >= 11 is 0. The van der Waals surface area contributed by atoms with Gasteiger partial charge in [-0.05, 0) is 0 Å². The molecule has 180 valence electrons. The van der Waals surface area contributed by atoms with Gasteiger partial charge < -0.3 is 35.4 Å². The number of aliphatic carboxylic acids is 6. The second kappa shape index (κ2) is 12.8. The lowest BCUT2D eigenvalue weighted by Crippen LogP contribution is -2.49. The number of hydrogen-bond acceptors (Lipinski definition) is 10. The summed E-state index contributed by atoms with van der Waals surface area (Å²) in [6.07, 6.45) is -2.77. The van der Waals surface area contributed by atoms with Gasteiger partial charge in [0.05, 0.1) is 39.0 Å². The van der Waals surface area contributed by atoms with Crippen molar-refractivity contribution in [2.45, 2.75) is 18.4 Å². The van der Waals surface area contributed by atoms with Gasteiger partial charge in [0.25, 0.3) is 0 Å². The van der Waals surface area contributed by atoms with E-state index in [0.717, 1.165) is 9.80 Å². The van der Waals surface area contributed by atoms with Crippen molar-refractivity contribution >= 4 is 41.8 Å². The fraction of sp³-hybridized carbons (Fsp3) is 0.562. The zero-order valence-corrected chi connectivity index (χ0v) is 16.5. The Morgan fingerprint density at radius 2 is 0.906 bits per heavy atom. The van der Waals surface area contributed by atoms with Crippen LogP contribution >= 0.6 is 0 Å². The number of carbonyl (C=O) groups excluding carboxylic acids is 1. The van der Waals surface area contributed by atoms with Crippen molar-refractivity contribution in [3.63, 3.8) is 0 Å². The molecule has 0 saturated heterocycles. The Morgan fingerprint density at radius 1 is 0.562 bits per heavy atom. The largest absolute Gasteiger partial charge is 0.481 e.